The Bertz CT molecular complexity index is 645. The minimum atomic E-state index is -0.463. The van der Waals surface area contributed by atoms with Crippen molar-refractivity contribution in [2.24, 2.45) is 0 Å². The second-order valence-electron chi connectivity index (χ2n) is 3.78. The lowest BCUT2D eigenvalue weighted by atomic mass is 10.1. The number of pyridine rings is 1. The minimum Gasteiger partial charge on any atom is -0.494 e. The van der Waals surface area contributed by atoms with Gasteiger partial charge in [-0.15, -0.1) is 0 Å². The van der Waals surface area contributed by atoms with Gasteiger partial charge in [-0.2, -0.15) is 5.26 Å². The number of nitrogens with zero attached hydrogens (tertiary/aromatic N) is 2. The summed E-state index contributed by atoms with van der Waals surface area (Å²) in [6, 6.07) is 11.9. The first-order valence-corrected chi connectivity index (χ1v) is 5.61. The first-order chi connectivity index (χ1) is 9.24. The first kappa shape index (κ1) is 12.8. The highest BCUT2D eigenvalue weighted by Crippen LogP contribution is 2.21. The molecular weight excluding hydrogens is 243 g/mol. The van der Waals surface area contributed by atoms with E-state index in [1.807, 2.05) is 0 Å². The predicted octanol–water partition coefficient (Wildman–Crippen LogP) is 3.29. The molecule has 0 aliphatic carbocycles. The zero-order chi connectivity index (χ0) is 13.7. The maximum absolute atomic E-state index is 13.6. The van der Waals surface area contributed by atoms with Crippen LogP contribution in [0.15, 0.2) is 42.6 Å². The third kappa shape index (κ3) is 2.96. The Hall–Kier alpha value is -2.67. The molecular formula is C15H11FN2O. The molecule has 0 atom stereocenters. The number of ether oxygens (including phenoxy) is 1. The molecule has 0 aliphatic heterocycles. The van der Waals surface area contributed by atoms with Gasteiger partial charge in [-0.25, -0.2) is 4.39 Å². The fourth-order valence-corrected chi connectivity index (χ4v) is 1.62. The van der Waals surface area contributed by atoms with Gasteiger partial charge < -0.3 is 4.74 Å². The van der Waals surface area contributed by atoms with Crippen molar-refractivity contribution in [3.8, 4) is 11.8 Å². The number of rotatable bonds is 3. The van der Waals surface area contributed by atoms with Crippen molar-refractivity contribution in [1.29, 1.82) is 5.26 Å². The van der Waals surface area contributed by atoms with Gasteiger partial charge in [-0.1, -0.05) is 12.1 Å². The molecule has 1 aromatic carbocycles. The average Bonchev–Trinajstić information content (AvgIpc) is 2.46. The lowest BCUT2D eigenvalue weighted by Gasteiger charge is -2.03. The SMILES string of the molecule is COc1ccc(/C=C(/C#N)c2ccccn2)cc1F. The summed E-state index contributed by atoms with van der Waals surface area (Å²) in [7, 11) is 1.41. The molecule has 0 spiro atoms. The number of nitriles is 1. The molecule has 2 aromatic rings. The highest BCUT2D eigenvalue weighted by atomic mass is 19.1. The van der Waals surface area contributed by atoms with E-state index >= 15 is 0 Å². The standard InChI is InChI=1S/C15H11FN2O/c1-19-15-6-5-11(9-13(15)16)8-12(10-17)14-4-2-3-7-18-14/h2-9H,1H3/b12-8-. The number of halogens is 1. The number of allylic oxidation sites excluding steroid dienone is 1. The fraction of sp³-hybridized carbons (Fsp3) is 0.0667. The summed E-state index contributed by atoms with van der Waals surface area (Å²) in [5.41, 5.74) is 1.52. The Morgan fingerprint density at radius 3 is 2.79 bits per heavy atom. The van der Waals surface area contributed by atoms with Crippen molar-refractivity contribution in [3.05, 3.63) is 59.7 Å². The molecule has 0 amide bonds. The van der Waals surface area contributed by atoms with Gasteiger partial charge >= 0.3 is 0 Å². The Morgan fingerprint density at radius 2 is 2.21 bits per heavy atom. The number of aromatic nitrogens is 1. The van der Waals surface area contributed by atoms with Gasteiger partial charge in [0.15, 0.2) is 11.6 Å². The van der Waals surface area contributed by atoms with E-state index in [2.05, 4.69) is 11.1 Å². The van der Waals surface area contributed by atoms with Crippen LogP contribution in [0, 0.1) is 17.1 Å². The number of benzene rings is 1. The van der Waals surface area contributed by atoms with E-state index in [1.165, 1.54) is 19.2 Å². The van der Waals surface area contributed by atoms with Crippen molar-refractivity contribution in [2.75, 3.05) is 7.11 Å². The Kier molecular flexibility index (Phi) is 3.89. The van der Waals surface area contributed by atoms with Gasteiger partial charge in [0.1, 0.15) is 6.07 Å². The van der Waals surface area contributed by atoms with E-state index in [9.17, 15) is 4.39 Å². The molecule has 0 fully saturated rings. The third-order valence-corrected chi connectivity index (χ3v) is 2.55. The molecule has 3 nitrogen and oxygen atoms in total. The maximum atomic E-state index is 13.6. The van der Waals surface area contributed by atoms with Crippen LogP contribution in [0.4, 0.5) is 4.39 Å². The summed E-state index contributed by atoms with van der Waals surface area (Å²) in [6.07, 6.45) is 3.19. The van der Waals surface area contributed by atoms with Crippen LogP contribution in [0.5, 0.6) is 5.75 Å². The highest BCUT2D eigenvalue weighted by molar-refractivity contribution is 5.88. The smallest absolute Gasteiger partial charge is 0.165 e. The summed E-state index contributed by atoms with van der Waals surface area (Å²) in [5.74, 6) is -0.289. The van der Waals surface area contributed by atoms with Crippen LogP contribution < -0.4 is 4.74 Å². The van der Waals surface area contributed by atoms with Crippen LogP contribution in [0.3, 0.4) is 0 Å². The molecule has 0 saturated carbocycles. The molecule has 19 heavy (non-hydrogen) atoms. The zero-order valence-electron chi connectivity index (χ0n) is 10.3. The molecule has 0 aliphatic rings. The van der Waals surface area contributed by atoms with E-state index < -0.39 is 5.82 Å². The van der Waals surface area contributed by atoms with E-state index in [4.69, 9.17) is 10.00 Å². The summed E-state index contributed by atoms with van der Waals surface area (Å²) in [6.45, 7) is 0. The van der Waals surface area contributed by atoms with Crippen LogP contribution in [-0.4, -0.2) is 12.1 Å². The van der Waals surface area contributed by atoms with Crippen LogP contribution in [-0.2, 0) is 0 Å². The minimum absolute atomic E-state index is 0.175. The number of hydrogen-bond donors (Lipinski definition) is 0. The van der Waals surface area contributed by atoms with Crippen LogP contribution in [0.1, 0.15) is 11.3 Å². The number of methoxy groups -OCH3 is 1. The van der Waals surface area contributed by atoms with Crippen molar-refractivity contribution >= 4 is 11.6 Å². The lowest BCUT2D eigenvalue weighted by molar-refractivity contribution is 0.386. The summed E-state index contributed by atoms with van der Waals surface area (Å²) >= 11 is 0. The Morgan fingerprint density at radius 1 is 1.37 bits per heavy atom. The molecule has 0 unspecified atom stereocenters. The van der Waals surface area contributed by atoms with Crippen molar-refractivity contribution in [1.82, 2.24) is 4.98 Å². The van der Waals surface area contributed by atoms with E-state index in [0.29, 0.717) is 16.8 Å². The molecule has 1 aromatic heterocycles. The van der Waals surface area contributed by atoms with E-state index in [1.54, 1.807) is 36.5 Å². The monoisotopic (exact) mass is 254 g/mol. The summed E-state index contributed by atoms with van der Waals surface area (Å²) in [5, 5.41) is 9.13. The Balaban J connectivity index is 2.39. The first-order valence-electron chi connectivity index (χ1n) is 5.61. The van der Waals surface area contributed by atoms with Crippen molar-refractivity contribution < 1.29 is 9.13 Å². The molecule has 0 radical (unpaired) electrons. The van der Waals surface area contributed by atoms with Crippen LogP contribution in [0.2, 0.25) is 0 Å². The maximum Gasteiger partial charge on any atom is 0.165 e. The van der Waals surface area contributed by atoms with Gasteiger partial charge in [0, 0.05) is 6.20 Å². The van der Waals surface area contributed by atoms with Crippen molar-refractivity contribution in [3.63, 3.8) is 0 Å². The largest absolute Gasteiger partial charge is 0.494 e. The van der Waals surface area contributed by atoms with Gasteiger partial charge in [0.2, 0.25) is 0 Å². The van der Waals surface area contributed by atoms with Gasteiger partial charge in [0.05, 0.1) is 18.4 Å². The molecule has 1 heterocycles. The molecule has 94 valence electrons. The van der Waals surface area contributed by atoms with Gasteiger partial charge in [-0.3, -0.25) is 4.98 Å². The van der Waals surface area contributed by atoms with Gasteiger partial charge in [0.25, 0.3) is 0 Å². The summed E-state index contributed by atoms with van der Waals surface area (Å²) < 4.78 is 18.4. The quantitative estimate of drug-likeness (QED) is 0.789. The Labute approximate surface area is 110 Å². The lowest BCUT2D eigenvalue weighted by Crippen LogP contribution is -1.89. The van der Waals surface area contributed by atoms with Crippen molar-refractivity contribution in [2.45, 2.75) is 0 Å². The van der Waals surface area contributed by atoms with Gasteiger partial charge in [-0.05, 0) is 35.9 Å². The summed E-state index contributed by atoms with van der Waals surface area (Å²) in [4.78, 5) is 4.09. The third-order valence-electron chi connectivity index (χ3n) is 2.55. The second kappa shape index (κ2) is 5.78. The predicted molar refractivity (Wildman–Crippen MR) is 70.7 cm³/mol. The molecule has 2 rings (SSSR count). The van der Waals surface area contributed by atoms with E-state index in [-0.39, 0.29) is 5.75 Å². The topological polar surface area (TPSA) is 45.9 Å². The normalized spacial score (nSPS) is 10.9. The fourth-order valence-electron chi connectivity index (χ4n) is 1.62. The second-order valence-corrected chi connectivity index (χ2v) is 3.78. The molecule has 0 bridgehead atoms. The highest BCUT2D eigenvalue weighted by Gasteiger charge is 2.05. The van der Waals surface area contributed by atoms with Crippen LogP contribution >= 0.6 is 0 Å². The molecule has 0 N–H and O–H groups in total. The average molecular weight is 254 g/mol. The molecule has 4 heteroatoms. The zero-order valence-corrected chi connectivity index (χ0v) is 10.3. The number of hydrogen-bond acceptors (Lipinski definition) is 3. The molecule has 0 saturated heterocycles. The van der Waals surface area contributed by atoms with E-state index in [0.717, 1.165) is 0 Å². The van der Waals surface area contributed by atoms with Crippen LogP contribution in [0.25, 0.3) is 11.6 Å².